The molecule has 0 bridgehead atoms. The van der Waals surface area contributed by atoms with Gasteiger partial charge >= 0.3 is 5.97 Å². The van der Waals surface area contributed by atoms with Gasteiger partial charge in [-0.25, -0.2) is 4.79 Å². The van der Waals surface area contributed by atoms with E-state index >= 15 is 0 Å². The molecule has 1 saturated heterocycles. The molecular formula is C18H21NO5. The fourth-order valence-corrected chi connectivity index (χ4v) is 3.17. The Morgan fingerprint density at radius 2 is 1.96 bits per heavy atom. The van der Waals surface area contributed by atoms with Crippen LogP contribution in [0.1, 0.15) is 31.1 Å². The lowest BCUT2D eigenvalue weighted by Gasteiger charge is -2.21. The number of aliphatic carboxylic acids is 1. The van der Waals surface area contributed by atoms with Crippen LogP contribution in [0.15, 0.2) is 28.7 Å². The average molecular weight is 331 g/mol. The van der Waals surface area contributed by atoms with Gasteiger partial charge in [-0.2, -0.15) is 0 Å². The summed E-state index contributed by atoms with van der Waals surface area (Å²) in [5, 5.41) is 9.99. The summed E-state index contributed by atoms with van der Waals surface area (Å²) in [4.78, 5) is 25.1. The van der Waals surface area contributed by atoms with Crippen LogP contribution in [0.2, 0.25) is 0 Å². The summed E-state index contributed by atoms with van der Waals surface area (Å²) in [7, 11) is 1.71. The van der Waals surface area contributed by atoms with Gasteiger partial charge in [-0.15, -0.1) is 0 Å². The Labute approximate surface area is 140 Å². The third kappa shape index (κ3) is 3.01. The maximum Gasteiger partial charge on any atom is 0.332 e. The number of hydrogen-bond acceptors (Lipinski definition) is 4. The SMILES string of the molecule is CCc1oc2ccccc2c1CN(C)C(=O)[C@@H]1CC[C@H](C(=O)O)O1. The van der Waals surface area contributed by atoms with Crippen LogP contribution in [0.3, 0.4) is 0 Å². The number of para-hydroxylation sites is 1. The Balaban J connectivity index is 1.76. The molecule has 3 rings (SSSR count). The standard InChI is InChI=1S/C18H21NO5/c1-3-13-12(11-6-4-5-7-14(11)23-13)10-19(2)17(20)15-8-9-16(24-15)18(21)22/h4-7,15-16H,3,8-10H2,1-2H3,(H,21,22)/t15-,16+/m0/s1. The molecule has 1 aliphatic rings. The minimum absolute atomic E-state index is 0.189. The molecule has 1 N–H and O–H groups in total. The lowest BCUT2D eigenvalue weighted by Crippen LogP contribution is -2.36. The normalized spacial score (nSPS) is 20.4. The fraction of sp³-hybridized carbons (Fsp3) is 0.444. The Hall–Kier alpha value is -2.34. The van der Waals surface area contributed by atoms with E-state index in [0.29, 0.717) is 19.4 Å². The van der Waals surface area contributed by atoms with Crippen molar-refractivity contribution in [2.45, 2.75) is 44.9 Å². The molecule has 0 saturated carbocycles. The first-order valence-corrected chi connectivity index (χ1v) is 8.13. The number of amides is 1. The summed E-state index contributed by atoms with van der Waals surface area (Å²) in [5.74, 6) is -0.334. The van der Waals surface area contributed by atoms with E-state index in [1.165, 1.54) is 0 Å². The van der Waals surface area contributed by atoms with Gasteiger partial charge in [-0.1, -0.05) is 25.1 Å². The summed E-state index contributed by atoms with van der Waals surface area (Å²) in [6.07, 6.45) is -0.0124. The summed E-state index contributed by atoms with van der Waals surface area (Å²) in [6, 6.07) is 7.76. The smallest absolute Gasteiger partial charge is 0.332 e. The van der Waals surface area contributed by atoms with Crippen LogP contribution in [0, 0.1) is 0 Å². The van der Waals surface area contributed by atoms with E-state index < -0.39 is 18.2 Å². The number of rotatable bonds is 5. The van der Waals surface area contributed by atoms with Gasteiger partial charge in [-0.3, -0.25) is 4.79 Å². The Bertz CT molecular complexity index is 766. The van der Waals surface area contributed by atoms with Gasteiger partial charge < -0.3 is 19.2 Å². The van der Waals surface area contributed by atoms with Gasteiger partial charge in [-0.05, 0) is 18.9 Å². The molecule has 0 radical (unpaired) electrons. The number of benzene rings is 1. The number of furan rings is 1. The van der Waals surface area contributed by atoms with Gasteiger partial charge in [0.25, 0.3) is 5.91 Å². The summed E-state index contributed by atoms with van der Waals surface area (Å²) in [6.45, 7) is 2.43. The molecular weight excluding hydrogens is 310 g/mol. The third-order valence-corrected chi connectivity index (χ3v) is 4.44. The Morgan fingerprint density at radius 1 is 1.25 bits per heavy atom. The lowest BCUT2D eigenvalue weighted by atomic mass is 10.1. The molecule has 6 heteroatoms. The highest BCUT2D eigenvalue weighted by Gasteiger charge is 2.36. The highest BCUT2D eigenvalue weighted by Crippen LogP contribution is 2.28. The van der Waals surface area contributed by atoms with Crippen molar-refractivity contribution in [3.63, 3.8) is 0 Å². The van der Waals surface area contributed by atoms with Crippen LogP contribution in [0.4, 0.5) is 0 Å². The number of likely N-dealkylation sites (N-methyl/N-ethyl adjacent to an activating group) is 1. The van der Waals surface area contributed by atoms with Crippen molar-refractivity contribution in [2.75, 3.05) is 7.05 Å². The first-order valence-electron chi connectivity index (χ1n) is 8.13. The molecule has 6 nitrogen and oxygen atoms in total. The van der Waals surface area contributed by atoms with Crippen molar-refractivity contribution in [1.82, 2.24) is 4.90 Å². The first-order chi connectivity index (χ1) is 11.5. The van der Waals surface area contributed by atoms with Crippen LogP contribution in [-0.4, -0.2) is 41.1 Å². The van der Waals surface area contributed by atoms with Crippen molar-refractivity contribution < 1.29 is 23.8 Å². The molecule has 2 aromatic rings. The second kappa shape index (κ2) is 6.65. The van der Waals surface area contributed by atoms with E-state index in [1.807, 2.05) is 31.2 Å². The monoisotopic (exact) mass is 331 g/mol. The molecule has 1 aromatic heterocycles. The molecule has 1 fully saturated rings. The second-order valence-electron chi connectivity index (χ2n) is 6.08. The van der Waals surface area contributed by atoms with Crippen molar-refractivity contribution >= 4 is 22.8 Å². The van der Waals surface area contributed by atoms with E-state index in [2.05, 4.69) is 0 Å². The number of hydrogen-bond donors (Lipinski definition) is 1. The first kappa shape index (κ1) is 16.5. The van der Waals surface area contributed by atoms with Crippen molar-refractivity contribution in [3.05, 3.63) is 35.6 Å². The number of carbonyl (C=O) groups excluding carboxylic acids is 1. The number of aryl methyl sites for hydroxylation is 1. The zero-order valence-electron chi connectivity index (χ0n) is 13.8. The lowest BCUT2D eigenvalue weighted by molar-refractivity contribution is -0.154. The second-order valence-corrected chi connectivity index (χ2v) is 6.08. The Kier molecular flexibility index (Phi) is 4.57. The maximum absolute atomic E-state index is 12.6. The highest BCUT2D eigenvalue weighted by molar-refractivity contribution is 5.85. The van der Waals surface area contributed by atoms with Crippen LogP contribution >= 0.6 is 0 Å². The van der Waals surface area contributed by atoms with Crippen LogP contribution in [0.25, 0.3) is 11.0 Å². The molecule has 24 heavy (non-hydrogen) atoms. The minimum atomic E-state index is -1.01. The number of nitrogens with zero attached hydrogens (tertiary/aromatic N) is 1. The minimum Gasteiger partial charge on any atom is -0.479 e. The molecule has 0 unspecified atom stereocenters. The number of carbonyl (C=O) groups is 2. The van der Waals surface area contributed by atoms with E-state index in [0.717, 1.165) is 28.7 Å². The molecule has 1 aromatic carbocycles. The van der Waals surface area contributed by atoms with Gasteiger partial charge in [0.15, 0.2) is 6.10 Å². The van der Waals surface area contributed by atoms with Crippen LogP contribution in [-0.2, 0) is 27.3 Å². The van der Waals surface area contributed by atoms with Crippen molar-refractivity contribution in [1.29, 1.82) is 0 Å². The predicted molar refractivity (Wildman–Crippen MR) is 87.6 cm³/mol. The number of fused-ring (bicyclic) bond motifs is 1. The highest BCUT2D eigenvalue weighted by atomic mass is 16.5. The van der Waals surface area contributed by atoms with Gasteiger partial charge in [0.05, 0.1) is 0 Å². The average Bonchev–Trinajstić information content (AvgIpc) is 3.19. The topological polar surface area (TPSA) is 80.0 Å². The summed E-state index contributed by atoms with van der Waals surface area (Å²) >= 11 is 0. The Morgan fingerprint density at radius 3 is 2.62 bits per heavy atom. The predicted octanol–water partition coefficient (Wildman–Crippen LogP) is 2.59. The molecule has 0 spiro atoms. The third-order valence-electron chi connectivity index (χ3n) is 4.44. The zero-order chi connectivity index (χ0) is 17.3. The molecule has 1 amide bonds. The number of carboxylic acid groups (broad SMARTS) is 1. The van der Waals surface area contributed by atoms with E-state index in [9.17, 15) is 9.59 Å². The van der Waals surface area contributed by atoms with Gasteiger partial charge in [0.2, 0.25) is 0 Å². The van der Waals surface area contributed by atoms with Crippen LogP contribution in [0.5, 0.6) is 0 Å². The van der Waals surface area contributed by atoms with Crippen molar-refractivity contribution in [3.8, 4) is 0 Å². The molecule has 0 aliphatic carbocycles. The summed E-state index contributed by atoms with van der Waals surface area (Å²) < 4.78 is 11.2. The zero-order valence-corrected chi connectivity index (χ0v) is 13.8. The number of ether oxygens (including phenoxy) is 1. The van der Waals surface area contributed by atoms with Crippen molar-refractivity contribution in [2.24, 2.45) is 0 Å². The largest absolute Gasteiger partial charge is 0.479 e. The van der Waals surface area contributed by atoms with Crippen LogP contribution < -0.4 is 0 Å². The summed E-state index contributed by atoms with van der Waals surface area (Å²) in [5.41, 5.74) is 1.81. The molecule has 2 atom stereocenters. The number of carboxylic acids is 1. The molecule has 128 valence electrons. The quantitative estimate of drug-likeness (QED) is 0.911. The molecule has 2 heterocycles. The van der Waals surface area contributed by atoms with Gasteiger partial charge in [0.1, 0.15) is 17.4 Å². The van der Waals surface area contributed by atoms with E-state index in [4.69, 9.17) is 14.3 Å². The van der Waals surface area contributed by atoms with E-state index in [1.54, 1.807) is 11.9 Å². The molecule has 1 aliphatic heterocycles. The van der Waals surface area contributed by atoms with E-state index in [-0.39, 0.29) is 5.91 Å². The fourth-order valence-electron chi connectivity index (χ4n) is 3.17. The maximum atomic E-state index is 12.6. The van der Waals surface area contributed by atoms with Gasteiger partial charge in [0, 0.05) is 31.0 Å².